The third-order valence-electron chi connectivity index (χ3n) is 5.99. The molecule has 3 rings (SSSR count). The number of aliphatic imine (C=N–C) groups is 1. The van der Waals surface area contributed by atoms with Crippen molar-refractivity contribution in [2.24, 2.45) is 4.99 Å². The first kappa shape index (κ1) is 24.8. The zero-order valence-electron chi connectivity index (χ0n) is 20.7. The molecule has 1 heterocycles. The van der Waals surface area contributed by atoms with Gasteiger partial charge in [0.05, 0.1) is 25.9 Å². The molecule has 0 radical (unpaired) electrons. The summed E-state index contributed by atoms with van der Waals surface area (Å²) >= 11 is 0. The van der Waals surface area contributed by atoms with Gasteiger partial charge in [0.25, 0.3) is 0 Å². The monoisotopic (exact) mass is 450 g/mol. The topological polar surface area (TPSA) is 49.3 Å². The van der Waals surface area contributed by atoms with Gasteiger partial charge in [-0.1, -0.05) is 18.2 Å². The van der Waals surface area contributed by atoms with Gasteiger partial charge in [0, 0.05) is 36.9 Å². The van der Waals surface area contributed by atoms with Crippen molar-refractivity contribution in [3.05, 3.63) is 65.7 Å². The fourth-order valence-corrected chi connectivity index (χ4v) is 4.02. The number of nitrogens with zero attached hydrogens (tertiary/aromatic N) is 3. The van der Waals surface area contributed by atoms with Crippen LogP contribution in [0.2, 0.25) is 0 Å². The molecule has 0 saturated heterocycles. The Morgan fingerprint density at radius 3 is 2.39 bits per heavy atom. The highest BCUT2D eigenvalue weighted by atomic mass is 16.5. The van der Waals surface area contributed by atoms with Crippen molar-refractivity contribution >= 4 is 11.4 Å². The van der Waals surface area contributed by atoms with Crippen molar-refractivity contribution in [1.29, 1.82) is 0 Å². The number of ether oxygens (including phenoxy) is 2. The summed E-state index contributed by atoms with van der Waals surface area (Å²) in [6, 6.07) is 16.9. The minimum atomic E-state index is 0.463. The molecule has 1 atom stereocenters. The maximum absolute atomic E-state index is 5.92. The largest absolute Gasteiger partial charge is 0.497 e. The summed E-state index contributed by atoms with van der Waals surface area (Å²) in [5.41, 5.74) is 4.82. The molecule has 0 saturated carbocycles. The van der Waals surface area contributed by atoms with Gasteiger partial charge in [-0.25, -0.2) is 0 Å². The van der Waals surface area contributed by atoms with Crippen molar-refractivity contribution in [3.8, 4) is 11.5 Å². The SMILES string of the molecule is CCN(CCOc1ccc(OC)cc1)c1ccc(C2=NCC=C2CN(C)CC(C)NC)cc1. The van der Waals surface area contributed by atoms with Crippen LogP contribution in [0.1, 0.15) is 19.4 Å². The molecule has 0 amide bonds. The summed E-state index contributed by atoms with van der Waals surface area (Å²) in [5, 5.41) is 3.30. The molecular formula is C27H38N4O2. The Morgan fingerprint density at radius 1 is 1.06 bits per heavy atom. The first-order valence-electron chi connectivity index (χ1n) is 11.8. The average Bonchev–Trinajstić information content (AvgIpc) is 3.30. The Morgan fingerprint density at radius 2 is 1.76 bits per heavy atom. The molecule has 2 aromatic rings. The third kappa shape index (κ3) is 7.07. The third-order valence-corrected chi connectivity index (χ3v) is 5.99. The van der Waals surface area contributed by atoms with Gasteiger partial charge in [0.2, 0.25) is 0 Å². The predicted molar refractivity (Wildman–Crippen MR) is 138 cm³/mol. The van der Waals surface area contributed by atoms with Crippen molar-refractivity contribution in [1.82, 2.24) is 10.2 Å². The lowest BCUT2D eigenvalue weighted by atomic mass is 10.0. The number of benzene rings is 2. The van der Waals surface area contributed by atoms with Crippen LogP contribution in [0.15, 0.2) is 65.2 Å². The van der Waals surface area contributed by atoms with Gasteiger partial charge >= 0.3 is 0 Å². The molecule has 2 aromatic carbocycles. The average molecular weight is 451 g/mol. The molecule has 33 heavy (non-hydrogen) atoms. The van der Waals surface area contributed by atoms with Crippen LogP contribution in [0.3, 0.4) is 0 Å². The zero-order chi connectivity index (χ0) is 23.6. The second-order valence-corrected chi connectivity index (χ2v) is 8.46. The Balaban J connectivity index is 1.55. The lowest BCUT2D eigenvalue weighted by Gasteiger charge is -2.24. The maximum Gasteiger partial charge on any atom is 0.119 e. The fraction of sp³-hybridized carbons (Fsp3) is 0.444. The van der Waals surface area contributed by atoms with Crippen LogP contribution in [-0.2, 0) is 0 Å². The maximum atomic E-state index is 5.92. The van der Waals surface area contributed by atoms with Gasteiger partial charge in [0.1, 0.15) is 18.1 Å². The molecule has 0 bridgehead atoms. The molecule has 1 aliphatic heterocycles. The summed E-state index contributed by atoms with van der Waals surface area (Å²) in [6.07, 6.45) is 2.25. The predicted octanol–water partition coefficient (Wildman–Crippen LogP) is 3.87. The first-order valence-corrected chi connectivity index (χ1v) is 11.8. The normalized spacial score (nSPS) is 14.1. The number of nitrogens with one attached hydrogen (secondary N) is 1. The van der Waals surface area contributed by atoms with Gasteiger partial charge in [0.15, 0.2) is 0 Å². The molecule has 1 aliphatic rings. The first-order chi connectivity index (χ1) is 16.0. The molecule has 1 unspecified atom stereocenters. The molecule has 0 aliphatic carbocycles. The quantitative estimate of drug-likeness (QED) is 0.502. The van der Waals surface area contributed by atoms with E-state index in [9.17, 15) is 0 Å². The Bertz CT molecular complexity index is 922. The molecule has 0 spiro atoms. The molecule has 0 aromatic heterocycles. The van der Waals surface area contributed by atoms with Crippen LogP contribution in [0, 0.1) is 0 Å². The minimum absolute atomic E-state index is 0.463. The van der Waals surface area contributed by atoms with Crippen LogP contribution < -0.4 is 19.7 Å². The lowest BCUT2D eigenvalue weighted by Crippen LogP contribution is -2.36. The zero-order valence-corrected chi connectivity index (χ0v) is 20.7. The standard InChI is InChI=1S/C27H38N4O2/c1-6-31(17-18-33-26-13-11-25(32-5)12-14-26)24-9-7-22(8-10-24)27-23(15-16-29-27)20-30(4)19-21(2)28-3/h7-15,21,28H,6,16-20H2,1-5H3. The molecule has 0 fully saturated rings. The number of hydrogen-bond donors (Lipinski definition) is 1. The summed E-state index contributed by atoms with van der Waals surface area (Å²) in [7, 11) is 5.84. The van der Waals surface area contributed by atoms with Crippen LogP contribution in [0.5, 0.6) is 11.5 Å². The van der Waals surface area contributed by atoms with Gasteiger partial charge in [-0.05, 0) is 69.9 Å². The van der Waals surface area contributed by atoms with Gasteiger partial charge in [-0.3, -0.25) is 4.99 Å². The van der Waals surface area contributed by atoms with E-state index in [2.05, 4.69) is 66.4 Å². The van der Waals surface area contributed by atoms with Crippen molar-refractivity contribution in [3.63, 3.8) is 0 Å². The van der Waals surface area contributed by atoms with Gasteiger partial charge < -0.3 is 24.6 Å². The fourth-order valence-electron chi connectivity index (χ4n) is 4.02. The summed E-state index contributed by atoms with van der Waals surface area (Å²) in [5.74, 6) is 1.69. The summed E-state index contributed by atoms with van der Waals surface area (Å²) < 4.78 is 11.1. The highest BCUT2D eigenvalue weighted by Gasteiger charge is 2.17. The Labute approximate surface area is 198 Å². The molecule has 1 N–H and O–H groups in total. The summed E-state index contributed by atoms with van der Waals surface area (Å²) in [6.45, 7) is 9.43. The number of hydrogen-bond acceptors (Lipinski definition) is 6. The highest BCUT2D eigenvalue weighted by Crippen LogP contribution is 2.21. The van der Waals surface area contributed by atoms with E-state index in [-0.39, 0.29) is 0 Å². The van der Waals surface area contributed by atoms with Gasteiger partial charge in [-0.2, -0.15) is 0 Å². The molecule has 6 heteroatoms. The smallest absolute Gasteiger partial charge is 0.119 e. The van der Waals surface area contributed by atoms with E-state index in [1.807, 2.05) is 31.3 Å². The number of rotatable bonds is 13. The van der Waals surface area contributed by atoms with Gasteiger partial charge in [-0.15, -0.1) is 0 Å². The summed E-state index contributed by atoms with van der Waals surface area (Å²) in [4.78, 5) is 9.45. The lowest BCUT2D eigenvalue weighted by molar-refractivity contribution is 0.323. The van der Waals surface area contributed by atoms with Crippen molar-refractivity contribution in [2.45, 2.75) is 19.9 Å². The highest BCUT2D eigenvalue weighted by molar-refractivity contribution is 6.14. The second-order valence-electron chi connectivity index (χ2n) is 8.46. The molecule has 178 valence electrons. The van der Waals surface area contributed by atoms with E-state index >= 15 is 0 Å². The van der Waals surface area contributed by atoms with E-state index in [1.54, 1.807) is 7.11 Å². The Kier molecular flexibility index (Phi) is 9.34. The van der Waals surface area contributed by atoms with Crippen molar-refractivity contribution < 1.29 is 9.47 Å². The Hall–Kier alpha value is -2.83. The molecule has 6 nitrogen and oxygen atoms in total. The van der Waals surface area contributed by atoms with Crippen LogP contribution in [-0.4, -0.2) is 77.2 Å². The van der Waals surface area contributed by atoms with E-state index in [0.29, 0.717) is 12.6 Å². The van der Waals surface area contributed by atoms with Crippen LogP contribution >= 0.6 is 0 Å². The number of methoxy groups -OCH3 is 1. The van der Waals surface area contributed by atoms with Crippen LogP contribution in [0.25, 0.3) is 0 Å². The second kappa shape index (κ2) is 12.4. The molecular weight excluding hydrogens is 412 g/mol. The van der Waals surface area contributed by atoms with E-state index in [1.165, 1.54) is 16.8 Å². The number of likely N-dealkylation sites (N-methyl/N-ethyl adjacent to an activating group) is 3. The van der Waals surface area contributed by atoms with E-state index < -0.39 is 0 Å². The van der Waals surface area contributed by atoms with E-state index in [4.69, 9.17) is 14.5 Å². The van der Waals surface area contributed by atoms with E-state index in [0.717, 1.165) is 49.9 Å². The van der Waals surface area contributed by atoms with Crippen LogP contribution in [0.4, 0.5) is 5.69 Å². The minimum Gasteiger partial charge on any atom is -0.497 e. The number of anilines is 1. The van der Waals surface area contributed by atoms with Crippen molar-refractivity contribution in [2.75, 3.05) is 65.4 Å².